The molecule has 0 saturated heterocycles. The van der Waals surface area contributed by atoms with Crippen LogP contribution >= 0.6 is 11.6 Å². The minimum atomic E-state index is -0.766. The maximum absolute atomic E-state index is 13.8. The first-order valence-corrected chi connectivity index (χ1v) is 11.2. The van der Waals surface area contributed by atoms with Gasteiger partial charge in [0.05, 0.1) is 6.20 Å². The molecular weight excluding hydrogens is 457 g/mol. The van der Waals surface area contributed by atoms with Crippen LogP contribution in [0.2, 0.25) is 5.02 Å². The van der Waals surface area contributed by atoms with Crippen molar-refractivity contribution in [3.05, 3.63) is 77.0 Å². The van der Waals surface area contributed by atoms with E-state index in [1.54, 1.807) is 31.6 Å². The average molecular weight is 480 g/mol. The van der Waals surface area contributed by atoms with E-state index < -0.39 is 12.0 Å². The van der Waals surface area contributed by atoms with E-state index >= 15 is 0 Å². The monoisotopic (exact) mass is 479 g/mol. The van der Waals surface area contributed by atoms with E-state index in [9.17, 15) is 9.50 Å². The minimum Gasteiger partial charge on any atom is -0.372 e. The van der Waals surface area contributed by atoms with Gasteiger partial charge in [-0.3, -0.25) is 0 Å². The third kappa shape index (κ3) is 4.86. The molecule has 8 nitrogen and oxygen atoms in total. The zero-order valence-corrected chi connectivity index (χ0v) is 19.1. The number of aliphatic hydroxyl groups is 1. The Morgan fingerprint density at radius 3 is 2.79 bits per heavy atom. The molecule has 3 heterocycles. The first-order valence-electron chi connectivity index (χ1n) is 10.9. The molecule has 5 rings (SSSR count). The molecule has 1 aliphatic heterocycles. The van der Waals surface area contributed by atoms with Gasteiger partial charge in [0, 0.05) is 46.5 Å². The van der Waals surface area contributed by atoms with Gasteiger partial charge in [-0.15, -0.1) is 0 Å². The van der Waals surface area contributed by atoms with Crippen LogP contribution in [0, 0.1) is 5.82 Å². The second-order valence-electron chi connectivity index (χ2n) is 8.12. The van der Waals surface area contributed by atoms with Crippen molar-refractivity contribution >= 4 is 34.7 Å². The lowest BCUT2D eigenvalue weighted by molar-refractivity contribution is 0.111. The van der Waals surface area contributed by atoms with E-state index in [-0.39, 0.29) is 11.0 Å². The molecule has 1 unspecified atom stereocenters. The third-order valence-corrected chi connectivity index (χ3v) is 5.78. The number of rotatable bonds is 6. The van der Waals surface area contributed by atoms with Crippen molar-refractivity contribution in [2.45, 2.75) is 26.1 Å². The molecule has 10 heteroatoms. The SMILES string of the molecule is CC(O)n1cc(-c2cnc(Nc3cc(F)cc(Cl)c3)nc2Nc2ccc3c(c2)CNCC3)cn1. The van der Waals surface area contributed by atoms with Gasteiger partial charge in [0.2, 0.25) is 5.95 Å². The van der Waals surface area contributed by atoms with Crippen LogP contribution in [-0.4, -0.2) is 31.4 Å². The average Bonchev–Trinajstić information content (AvgIpc) is 3.29. The van der Waals surface area contributed by atoms with Crippen LogP contribution in [0.4, 0.5) is 27.5 Å². The van der Waals surface area contributed by atoms with Crippen molar-refractivity contribution in [2.24, 2.45) is 0 Å². The molecule has 0 bridgehead atoms. The Bertz CT molecular complexity index is 1320. The summed E-state index contributed by atoms with van der Waals surface area (Å²) in [6, 6.07) is 10.4. The van der Waals surface area contributed by atoms with E-state index in [4.69, 9.17) is 11.6 Å². The topological polar surface area (TPSA) is 99.9 Å². The maximum atomic E-state index is 13.8. The quantitative estimate of drug-likeness (QED) is 0.316. The van der Waals surface area contributed by atoms with Gasteiger partial charge in [-0.2, -0.15) is 10.1 Å². The van der Waals surface area contributed by atoms with Gasteiger partial charge in [0.15, 0.2) is 0 Å². The molecule has 2 aromatic carbocycles. The second kappa shape index (κ2) is 9.38. The lowest BCUT2D eigenvalue weighted by Crippen LogP contribution is -2.23. The highest BCUT2D eigenvalue weighted by atomic mass is 35.5. The lowest BCUT2D eigenvalue weighted by Gasteiger charge is -2.19. The standard InChI is InChI=1S/C24H23ClFN7O/c1-14(34)33-13-17(11-29-33)22-12-28-24(31-21-8-18(25)7-19(26)9-21)32-23(22)30-20-3-2-15-4-5-27-10-16(15)6-20/h2-3,6-9,11-14,27,34H,4-5,10H2,1H3,(H2,28,30,31,32). The highest BCUT2D eigenvalue weighted by Gasteiger charge is 2.15. The molecule has 0 spiro atoms. The van der Waals surface area contributed by atoms with E-state index in [2.05, 4.69) is 43.1 Å². The van der Waals surface area contributed by atoms with Crippen LogP contribution in [-0.2, 0) is 13.0 Å². The second-order valence-corrected chi connectivity index (χ2v) is 8.55. The Morgan fingerprint density at radius 1 is 1.12 bits per heavy atom. The molecule has 4 N–H and O–H groups in total. The molecule has 34 heavy (non-hydrogen) atoms. The molecule has 0 fully saturated rings. The summed E-state index contributed by atoms with van der Waals surface area (Å²) in [7, 11) is 0. The summed E-state index contributed by atoms with van der Waals surface area (Å²) >= 11 is 5.98. The first kappa shape index (κ1) is 22.3. The molecule has 1 atom stereocenters. The van der Waals surface area contributed by atoms with Crippen LogP contribution in [0.25, 0.3) is 11.1 Å². The van der Waals surface area contributed by atoms with E-state index in [1.165, 1.54) is 27.9 Å². The summed E-state index contributed by atoms with van der Waals surface area (Å²) < 4.78 is 15.2. The maximum Gasteiger partial charge on any atom is 0.229 e. The van der Waals surface area contributed by atoms with Crippen LogP contribution in [0.5, 0.6) is 0 Å². The largest absolute Gasteiger partial charge is 0.372 e. The molecular formula is C24H23ClFN7O. The van der Waals surface area contributed by atoms with Gasteiger partial charge in [-0.1, -0.05) is 17.7 Å². The van der Waals surface area contributed by atoms with Gasteiger partial charge in [-0.25, -0.2) is 14.1 Å². The fraction of sp³-hybridized carbons (Fsp3) is 0.208. The summed E-state index contributed by atoms with van der Waals surface area (Å²) in [4.78, 5) is 9.05. The van der Waals surface area contributed by atoms with Gasteiger partial charge >= 0.3 is 0 Å². The molecule has 0 amide bonds. The summed E-state index contributed by atoms with van der Waals surface area (Å²) in [5.74, 6) is 0.350. The number of nitrogens with one attached hydrogen (secondary N) is 3. The molecule has 2 aromatic heterocycles. The van der Waals surface area contributed by atoms with Crippen molar-refractivity contribution in [2.75, 3.05) is 17.2 Å². The van der Waals surface area contributed by atoms with Crippen molar-refractivity contribution in [3.63, 3.8) is 0 Å². The summed E-state index contributed by atoms with van der Waals surface area (Å²) in [5.41, 5.74) is 5.32. The zero-order chi connectivity index (χ0) is 23.7. The number of hydrogen-bond acceptors (Lipinski definition) is 7. The van der Waals surface area contributed by atoms with Gasteiger partial charge in [0.1, 0.15) is 17.9 Å². The van der Waals surface area contributed by atoms with Crippen LogP contribution in [0.15, 0.2) is 55.0 Å². The van der Waals surface area contributed by atoms with Crippen molar-refractivity contribution in [1.29, 1.82) is 0 Å². The molecule has 4 aromatic rings. The Kier molecular flexibility index (Phi) is 6.14. The molecule has 174 valence electrons. The fourth-order valence-corrected chi connectivity index (χ4v) is 4.10. The van der Waals surface area contributed by atoms with Gasteiger partial charge < -0.3 is 21.1 Å². The molecule has 1 aliphatic rings. The number of fused-ring (bicyclic) bond motifs is 1. The Hall–Kier alpha value is -3.53. The zero-order valence-electron chi connectivity index (χ0n) is 18.4. The van der Waals surface area contributed by atoms with Crippen LogP contribution < -0.4 is 16.0 Å². The van der Waals surface area contributed by atoms with Crippen LogP contribution in [0.1, 0.15) is 24.3 Å². The molecule has 0 saturated carbocycles. The third-order valence-electron chi connectivity index (χ3n) is 5.56. The number of nitrogens with zero attached hydrogens (tertiary/aromatic N) is 4. The summed E-state index contributed by atoms with van der Waals surface area (Å²) in [5, 5.41) is 24.1. The summed E-state index contributed by atoms with van der Waals surface area (Å²) in [6.45, 7) is 3.42. The van der Waals surface area contributed by atoms with Crippen molar-refractivity contribution < 1.29 is 9.50 Å². The van der Waals surface area contributed by atoms with Crippen molar-refractivity contribution in [1.82, 2.24) is 25.1 Å². The highest BCUT2D eigenvalue weighted by Crippen LogP contribution is 2.31. The van der Waals surface area contributed by atoms with E-state index in [0.29, 0.717) is 17.1 Å². The number of aromatic nitrogens is 4. The molecule has 0 aliphatic carbocycles. The smallest absolute Gasteiger partial charge is 0.229 e. The van der Waals surface area contributed by atoms with E-state index in [0.717, 1.165) is 30.8 Å². The Balaban J connectivity index is 1.51. The number of aliphatic hydroxyl groups excluding tert-OH is 1. The number of hydrogen-bond donors (Lipinski definition) is 4. The fourth-order valence-electron chi connectivity index (χ4n) is 3.88. The number of benzene rings is 2. The van der Waals surface area contributed by atoms with Gasteiger partial charge in [-0.05, 0) is 61.3 Å². The highest BCUT2D eigenvalue weighted by molar-refractivity contribution is 6.30. The Morgan fingerprint density at radius 2 is 2.00 bits per heavy atom. The van der Waals surface area contributed by atoms with Crippen molar-refractivity contribution in [3.8, 4) is 11.1 Å². The van der Waals surface area contributed by atoms with E-state index in [1.807, 2.05) is 6.07 Å². The predicted octanol–water partition coefficient (Wildman–Crippen LogP) is 4.78. The molecule has 0 radical (unpaired) electrons. The van der Waals surface area contributed by atoms with Crippen LogP contribution in [0.3, 0.4) is 0 Å². The predicted molar refractivity (Wildman–Crippen MR) is 130 cm³/mol. The van der Waals surface area contributed by atoms with Gasteiger partial charge in [0.25, 0.3) is 0 Å². The minimum absolute atomic E-state index is 0.269. The lowest BCUT2D eigenvalue weighted by atomic mass is 10.0. The summed E-state index contributed by atoms with van der Waals surface area (Å²) in [6.07, 6.45) is 5.26. The normalized spacial score (nSPS) is 13.9. The number of anilines is 4. The first-order chi connectivity index (χ1) is 16.4. The number of halogens is 2. The Labute approximate surface area is 200 Å².